The van der Waals surface area contributed by atoms with Crippen molar-refractivity contribution in [2.24, 2.45) is 11.3 Å². The predicted molar refractivity (Wildman–Crippen MR) is 138 cm³/mol. The van der Waals surface area contributed by atoms with Gasteiger partial charge in [-0.2, -0.15) is 4.31 Å². The molecular weight excluding hydrogens is 498 g/mol. The average Bonchev–Trinajstić information content (AvgIpc) is 3.79. The van der Waals surface area contributed by atoms with Gasteiger partial charge in [0.1, 0.15) is 0 Å². The summed E-state index contributed by atoms with van der Waals surface area (Å²) in [5.74, 6) is 0.529. The summed E-state index contributed by atoms with van der Waals surface area (Å²) in [6, 6.07) is 6.96. The molecule has 2 unspecified atom stereocenters. The van der Waals surface area contributed by atoms with E-state index >= 15 is 0 Å². The second-order valence-corrected chi connectivity index (χ2v) is 14.0. The van der Waals surface area contributed by atoms with Gasteiger partial charge in [0.15, 0.2) is 0 Å². The molecule has 5 aliphatic rings. The Hall–Kier alpha value is -1.19. The van der Waals surface area contributed by atoms with Gasteiger partial charge < -0.3 is 9.64 Å². The summed E-state index contributed by atoms with van der Waals surface area (Å²) in [6.45, 7) is 5.74. The lowest BCUT2D eigenvalue weighted by Crippen LogP contribution is -2.60. The first-order valence-electron chi connectivity index (χ1n) is 13.7. The zero-order chi connectivity index (χ0) is 25.1. The van der Waals surface area contributed by atoms with Crippen LogP contribution < -0.4 is 0 Å². The first kappa shape index (κ1) is 25.1. The second kappa shape index (κ2) is 9.53. The SMILES string of the molecule is CCCN1C2CCC1CN(C(=O)CC1([C@H]3COC[C@@H](C4CC4)N3S(=O)(=O)c3ccc(Cl)cc3)CC1)C2. The molecule has 2 saturated carbocycles. The molecule has 2 aliphatic carbocycles. The predicted octanol–water partition coefficient (Wildman–Crippen LogP) is 3.76. The first-order chi connectivity index (χ1) is 17.3. The Morgan fingerprint density at radius 3 is 2.31 bits per heavy atom. The fraction of sp³-hybridized carbons (Fsp3) is 0.741. The van der Waals surface area contributed by atoms with E-state index in [-0.39, 0.29) is 28.3 Å². The van der Waals surface area contributed by atoms with Gasteiger partial charge in [-0.25, -0.2) is 8.42 Å². The van der Waals surface area contributed by atoms with Crippen molar-refractivity contribution in [2.45, 2.75) is 87.4 Å². The summed E-state index contributed by atoms with van der Waals surface area (Å²) < 4.78 is 35.9. The van der Waals surface area contributed by atoms with E-state index in [1.165, 1.54) is 12.8 Å². The normalized spacial score (nSPS) is 32.6. The summed E-state index contributed by atoms with van der Waals surface area (Å²) in [5.41, 5.74) is -0.330. The number of amides is 1. The number of piperazine rings is 1. The highest BCUT2D eigenvalue weighted by Crippen LogP contribution is 2.57. The lowest BCUT2D eigenvalue weighted by molar-refractivity contribution is -0.137. The van der Waals surface area contributed by atoms with Crippen LogP contribution in [0.25, 0.3) is 0 Å². The van der Waals surface area contributed by atoms with Gasteiger partial charge in [0, 0.05) is 36.6 Å². The lowest BCUT2D eigenvalue weighted by Gasteiger charge is -2.45. The molecule has 3 heterocycles. The van der Waals surface area contributed by atoms with Gasteiger partial charge in [0.05, 0.1) is 30.2 Å². The molecule has 0 N–H and O–H groups in total. The maximum Gasteiger partial charge on any atom is 0.243 e. The van der Waals surface area contributed by atoms with E-state index < -0.39 is 10.0 Å². The third-order valence-electron chi connectivity index (χ3n) is 9.32. The number of ether oxygens (including phenoxy) is 1. The Bertz CT molecular complexity index is 1070. The monoisotopic (exact) mass is 535 g/mol. The second-order valence-electron chi connectivity index (χ2n) is 11.7. The number of carbonyl (C=O) groups is 1. The Labute approximate surface area is 220 Å². The van der Waals surface area contributed by atoms with E-state index in [1.807, 2.05) is 0 Å². The molecule has 3 aliphatic heterocycles. The minimum absolute atomic E-state index is 0.162. The molecule has 2 bridgehead atoms. The molecule has 198 valence electrons. The molecule has 0 spiro atoms. The van der Waals surface area contributed by atoms with Crippen LogP contribution in [-0.4, -0.2) is 85.4 Å². The number of hydrogen-bond acceptors (Lipinski definition) is 5. The van der Waals surface area contributed by atoms with Gasteiger partial charge in [-0.1, -0.05) is 18.5 Å². The quantitative estimate of drug-likeness (QED) is 0.507. The molecule has 9 heteroatoms. The van der Waals surface area contributed by atoms with Crippen LogP contribution in [0.3, 0.4) is 0 Å². The minimum Gasteiger partial charge on any atom is -0.378 e. The van der Waals surface area contributed by atoms with E-state index in [9.17, 15) is 13.2 Å². The Morgan fingerprint density at radius 1 is 1.06 bits per heavy atom. The molecule has 1 amide bonds. The summed E-state index contributed by atoms with van der Waals surface area (Å²) in [7, 11) is -3.74. The van der Waals surface area contributed by atoms with Crippen LogP contribution in [0.4, 0.5) is 0 Å². The summed E-state index contributed by atoms with van der Waals surface area (Å²) >= 11 is 6.06. The van der Waals surface area contributed by atoms with Crippen molar-refractivity contribution in [1.82, 2.24) is 14.1 Å². The molecule has 5 fully saturated rings. The molecule has 1 aromatic rings. The van der Waals surface area contributed by atoms with Crippen molar-refractivity contribution in [2.75, 3.05) is 32.8 Å². The van der Waals surface area contributed by atoms with Crippen LogP contribution in [0.15, 0.2) is 29.2 Å². The zero-order valence-corrected chi connectivity index (χ0v) is 22.7. The van der Waals surface area contributed by atoms with Gasteiger partial charge in [0.2, 0.25) is 15.9 Å². The molecule has 36 heavy (non-hydrogen) atoms. The molecule has 7 nitrogen and oxygen atoms in total. The van der Waals surface area contributed by atoms with Gasteiger partial charge in [0.25, 0.3) is 0 Å². The number of hydrogen-bond donors (Lipinski definition) is 0. The van der Waals surface area contributed by atoms with Crippen LogP contribution in [-0.2, 0) is 19.6 Å². The Balaban J connectivity index is 1.23. The van der Waals surface area contributed by atoms with Crippen molar-refractivity contribution < 1.29 is 17.9 Å². The maximum absolute atomic E-state index is 14.0. The zero-order valence-electron chi connectivity index (χ0n) is 21.1. The number of nitrogens with zero attached hydrogens (tertiary/aromatic N) is 3. The summed E-state index contributed by atoms with van der Waals surface area (Å²) in [6.07, 6.45) is 7.72. The molecule has 0 radical (unpaired) electrons. The fourth-order valence-corrected chi connectivity index (χ4v) is 9.10. The van der Waals surface area contributed by atoms with Crippen molar-refractivity contribution >= 4 is 27.5 Å². The molecule has 4 atom stereocenters. The fourth-order valence-electron chi connectivity index (χ4n) is 7.04. The minimum atomic E-state index is -3.74. The lowest BCUT2D eigenvalue weighted by atomic mass is 9.90. The van der Waals surface area contributed by atoms with Crippen LogP contribution in [0.5, 0.6) is 0 Å². The molecule has 3 saturated heterocycles. The summed E-state index contributed by atoms with van der Waals surface area (Å²) in [4.78, 5) is 18.6. The molecule has 1 aromatic carbocycles. The number of carbonyl (C=O) groups excluding carboxylic acids is 1. The largest absolute Gasteiger partial charge is 0.378 e. The van der Waals surface area contributed by atoms with E-state index in [4.69, 9.17) is 16.3 Å². The maximum atomic E-state index is 14.0. The van der Waals surface area contributed by atoms with E-state index in [0.29, 0.717) is 42.7 Å². The highest BCUT2D eigenvalue weighted by molar-refractivity contribution is 7.89. The van der Waals surface area contributed by atoms with Crippen molar-refractivity contribution in [1.29, 1.82) is 0 Å². The third-order valence-corrected chi connectivity index (χ3v) is 11.5. The van der Waals surface area contributed by atoms with Gasteiger partial charge in [-0.05, 0) is 87.1 Å². The molecule has 0 aromatic heterocycles. The number of likely N-dealkylation sites (tertiary alicyclic amines) is 1. The number of sulfonamides is 1. The smallest absolute Gasteiger partial charge is 0.243 e. The average molecular weight is 536 g/mol. The Morgan fingerprint density at radius 2 is 1.72 bits per heavy atom. The van der Waals surface area contributed by atoms with Crippen LogP contribution in [0.2, 0.25) is 5.02 Å². The van der Waals surface area contributed by atoms with Crippen molar-refractivity contribution in [3.8, 4) is 0 Å². The molecular formula is C27H38ClN3O4S. The topological polar surface area (TPSA) is 70.2 Å². The van der Waals surface area contributed by atoms with Crippen LogP contribution >= 0.6 is 11.6 Å². The number of benzene rings is 1. The number of rotatable bonds is 8. The summed E-state index contributed by atoms with van der Waals surface area (Å²) in [5, 5.41) is 0.517. The van der Waals surface area contributed by atoms with Crippen LogP contribution in [0.1, 0.15) is 58.3 Å². The van der Waals surface area contributed by atoms with E-state index in [2.05, 4.69) is 16.7 Å². The third kappa shape index (κ3) is 4.51. The van der Waals surface area contributed by atoms with Crippen molar-refractivity contribution in [3.05, 3.63) is 29.3 Å². The van der Waals surface area contributed by atoms with Gasteiger partial charge >= 0.3 is 0 Å². The Kier molecular flexibility index (Phi) is 6.64. The number of morpholine rings is 1. The number of fused-ring (bicyclic) bond motifs is 2. The van der Waals surface area contributed by atoms with E-state index in [1.54, 1.807) is 28.6 Å². The highest BCUT2D eigenvalue weighted by Gasteiger charge is 2.59. The van der Waals surface area contributed by atoms with Gasteiger partial charge in [-0.15, -0.1) is 0 Å². The standard InChI is InChI=1S/C27H38ClN3O4S/c1-2-13-30-21-7-8-22(30)16-29(15-21)26(32)14-27(11-12-27)25-18-35-17-24(19-3-4-19)31(25)36(33,34)23-9-5-20(28)6-10-23/h5-6,9-10,19,21-22,24-25H,2-4,7-8,11-18H2,1H3/t21?,22?,24-,25+/m0/s1. The molecule has 6 rings (SSSR count). The van der Waals surface area contributed by atoms with Crippen molar-refractivity contribution in [3.63, 3.8) is 0 Å². The highest BCUT2D eigenvalue weighted by atomic mass is 35.5. The van der Waals surface area contributed by atoms with Gasteiger partial charge in [-0.3, -0.25) is 9.69 Å². The van der Waals surface area contributed by atoms with Crippen LogP contribution in [0, 0.1) is 11.3 Å². The first-order valence-corrected chi connectivity index (χ1v) is 15.5. The van der Waals surface area contributed by atoms with E-state index in [0.717, 1.165) is 51.7 Å². The number of halogens is 1.